The number of hydrogen-bond acceptors (Lipinski definition) is 4. The van der Waals surface area contributed by atoms with Gasteiger partial charge in [-0.2, -0.15) is 4.31 Å². The second kappa shape index (κ2) is 4.80. The molecule has 8 heteroatoms. The summed E-state index contributed by atoms with van der Waals surface area (Å²) in [5.74, 6) is -0.0257. The third-order valence-corrected chi connectivity index (χ3v) is 5.64. The largest absolute Gasteiger partial charge is 0.393 e. The van der Waals surface area contributed by atoms with E-state index in [1.54, 1.807) is 14.0 Å². The molecule has 2 heterocycles. The van der Waals surface area contributed by atoms with Crippen LogP contribution in [0.2, 0.25) is 5.15 Å². The lowest BCUT2D eigenvalue weighted by Crippen LogP contribution is -2.31. The van der Waals surface area contributed by atoms with Gasteiger partial charge in [-0.1, -0.05) is 11.6 Å². The third-order valence-electron chi connectivity index (χ3n) is 3.29. The first kappa shape index (κ1) is 13.8. The van der Waals surface area contributed by atoms with E-state index >= 15 is 0 Å². The molecule has 0 radical (unpaired) electrons. The maximum atomic E-state index is 12.3. The number of sulfonamides is 1. The number of aromatic nitrogens is 2. The lowest BCUT2D eigenvalue weighted by Gasteiger charge is -2.16. The van der Waals surface area contributed by atoms with Crippen LogP contribution >= 0.6 is 11.6 Å². The summed E-state index contributed by atoms with van der Waals surface area (Å²) < 4.78 is 27.4. The van der Waals surface area contributed by atoms with Gasteiger partial charge in [0.15, 0.2) is 0 Å². The van der Waals surface area contributed by atoms with E-state index in [1.165, 1.54) is 15.2 Å². The summed E-state index contributed by atoms with van der Waals surface area (Å²) in [4.78, 5) is 3.84. The van der Waals surface area contributed by atoms with Crippen LogP contribution in [0.5, 0.6) is 0 Å². The molecule has 0 saturated carbocycles. The van der Waals surface area contributed by atoms with Crippen LogP contribution in [0.1, 0.15) is 13.3 Å². The van der Waals surface area contributed by atoms with Crippen molar-refractivity contribution in [3.05, 3.63) is 11.5 Å². The molecule has 0 aromatic carbocycles. The van der Waals surface area contributed by atoms with Crippen LogP contribution in [0, 0.1) is 5.92 Å². The van der Waals surface area contributed by atoms with Gasteiger partial charge in [-0.15, -0.1) is 0 Å². The number of halogens is 1. The minimum atomic E-state index is -3.66. The molecule has 1 saturated heterocycles. The average molecular weight is 294 g/mol. The third kappa shape index (κ3) is 2.27. The summed E-state index contributed by atoms with van der Waals surface area (Å²) in [7, 11) is -2.02. The van der Waals surface area contributed by atoms with Crippen LogP contribution in [0.15, 0.2) is 11.4 Å². The van der Waals surface area contributed by atoms with Gasteiger partial charge in [-0.25, -0.2) is 13.4 Å². The Labute approximate surface area is 111 Å². The van der Waals surface area contributed by atoms with E-state index in [0.717, 1.165) is 0 Å². The molecule has 1 aliphatic heterocycles. The summed E-state index contributed by atoms with van der Waals surface area (Å²) in [6.07, 6.45) is 1.52. The number of nitrogens with zero attached hydrogens (tertiary/aromatic N) is 3. The molecule has 1 fully saturated rings. The Morgan fingerprint density at radius 3 is 2.72 bits per heavy atom. The van der Waals surface area contributed by atoms with Crippen LogP contribution in [-0.2, 0) is 17.1 Å². The number of hydrogen-bond donors (Lipinski definition) is 1. The van der Waals surface area contributed by atoms with Crippen LogP contribution < -0.4 is 0 Å². The first-order chi connectivity index (χ1) is 8.34. The topological polar surface area (TPSA) is 75.4 Å². The van der Waals surface area contributed by atoms with Crippen molar-refractivity contribution in [2.75, 3.05) is 13.1 Å². The Hall–Kier alpha value is -0.630. The molecule has 1 N–H and O–H groups in total. The summed E-state index contributed by atoms with van der Waals surface area (Å²) in [5, 5.41) is 9.49. The van der Waals surface area contributed by atoms with Crippen LogP contribution in [0.3, 0.4) is 0 Å². The lowest BCUT2D eigenvalue weighted by molar-refractivity contribution is 0.133. The average Bonchev–Trinajstić information content (AvgIpc) is 2.88. The Morgan fingerprint density at radius 1 is 1.61 bits per heavy atom. The van der Waals surface area contributed by atoms with Crippen molar-refractivity contribution >= 4 is 21.6 Å². The van der Waals surface area contributed by atoms with Crippen molar-refractivity contribution < 1.29 is 13.5 Å². The van der Waals surface area contributed by atoms with E-state index in [-0.39, 0.29) is 16.1 Å². The summed E-state index contributed by atoms with van der Waals surface area (Å²) in [6.45, 7) is 2.38. The highest BCUT2D eigenvalue weighted by Gasteiger charge is 2.36. The van der Waals surface area contributed by atoms with E-state index in [1.807, 2.05) is 0 Å². The van der Waals surface area contributed by atoms with Crippen molar-refractivity contribution in [2.45, 2.75) is 24.5 Å². The van der Waals surface area contributed by atoms with Crippen molar-refractivity contribution in [1.29, 1.82) is 0 Å². The first-order valence-corrected chi connectivity index (χ1v) is 7.51. The van der Waals surface area contributed by atoms with Gasteiger partial charge < -0.3 is 9.67 Å². The minimum Gasteiger partial charge on any atom is -0.393 e. The Bertz CT molecular complexity index is 541. The maximum absolute atomic E-state index is 12.3. The van der Waals surface area contributed by atoms with Gasteiger partial charge in [-0.3, -0.25) is 0 Å². The Morgan fingerprint density at radius 2 is 2.28 bits per heavy atom. The van der Waals surface area contributed by atoms with Crippen LogP contribution in [0.25, 0.3) is 0 Å². The van der Waals surface area contributed by atoms with Gasteiger partial charge in [0.2, 0.25) is 5.03 Å². The van der Waals surface area contributed by atoms with E-state index < -0.39 is 16.1 Å². The van der Waals surface area contributed by atoms with E-state index in [2.05, 4.69) is 4.98 Å². The zero-order valence-corrected chi connectivity index (χ0v) is 11.8. The standard InChI is InChI=1S/C10H16ClN3O3S/c1-7(15)8-3-4-14(5-8)18(16,17)10-9(11)13(2)6-12-10/h6-8,15H,3-5H2,1-2H3. The molecule has 0 aliphatic carbocycles. The van der Waals surface area contributed by atoms with Crippen LogP contribution in [0.4, 0.5) is 0 Å². The minimum absolute atomic E-state index is 0.0257. The normalized spacial score (nSPS) is 23.4. The number of aliphatic hydroxyl groups is 1. The molecule has 1 aromatic rings. The van der Waals surface area contributed by atoms with Gasteiger partial charge in [0.05, 0.1) is 12.4 Å². The molecule has 6 nitrogen and oxygen atoms in total. The molecule has 18 heavy (non-hydrogen) atoms. The zero-order valence-electron chi connectivity index (χ0n) is 10.2. The molecule has 0 amide bonds. The Kier molecular flexibility index (Phi) is 3.68. The van der Waals surface area contributed by atoms with E-state index in [4.69, 9.17) is 11.6 Å². The fourth-order valence-electron chi connectivity index (χ4n) is 2.06. The fourth-order valence-corrected chi connectivity index (χ4v) is 3.96. The van der Waals surface area contributed by atoms with Gasteiger partial charge in [0.25, 0.3) is 10.0 Å². The second-order valence-corrected chi connectivity index (χ2v) is 6.82. The summed E-state index contributed by atoms with van der Waals surface area (Å²) in [5.41, 5.74) is 0. The molecular weight excluding hydrogens is 278 g/mol. The highest BCUT2D eigenvalue weighted by atomic mass is 35.5. The van der Waals surface area contributed by atoms with Crippen molar-refractivity contribution in [3.8, 4) is 0 Å². The summed E-state index contributed by atoms with van der Waals surface area (Å²) in [6, 6.07) is 0. The van der Waals surface area contributed by atoms with E-state index in [0.29, 0.717) is 19.5 Å². The Balaban J connectivity index is 2.26. The first-order valence-electron chi connectivity index (χ1n) is 5.69. The SMILES string of the molecule is CC(O)C1CCN(S(=O)(=O)c2ncn(C)c2Cl)C1. The van der Waals surface area contributed by atoms with Gasteiger partial charge >= 0.3 is 0 Å². The molecule has 2 unspecified atom stereocenters. The lowest BCUT2D eigenvalue weighted by atomic mass is 10.0. The predicted octanol–water partition coefficient (Wildman–Crippen LogP) is 0.465. The maximum Gasteiger partial charge on any atom is 0.263 e. The van der Waals surface area contributed by atoms with Gasteiger partial charge in [0, 0.05) is 20.1 Å². The highest BCUT2D eigenvalue weighted by molar-refractivity contribution is 7.89. The molecule has 0 bridgehead atoms. The molecule has 1 aromatic heterocycles. The second-order valence-electron chi connectivity index (χ2n) is 4.60. The summed E-state index contributed by atoms with van der Waals surface area (Å²) >= 11 is 5.92. The van der Waals surface area contributed by atoms with E-state index in [9.17, 15) is 13.5 Å². The van der Waals surface area contributed by atoms with Gasteiger partial charge in [0.1, 0.15) is 5.15 Å². The van der Waals surface area contributed by atoms with Crippen molar-refractivity contribution in [2.24, 2.45) is 13.0 Å². The fraction of sp³-hybridized carbons (Fsp3) is 0.700. The molecule has 102 valence electrons. The highest BCUT2D eigenvalue weighted by Crippen LogP contribution is 2.28. The predicted molar refractivity (Wildman–Crippen MR) is 66.8 cm³/mol. The quantitative estimate of drug-likeness (QED) is 0.879. The molecule has 2 atom stereocenters. The zero-order chi connectivity index (χ0) is 13.5. The molecule has 0 spiro atoms. The number of rotatable bonds is 3. The smallest absolute Gasteiger partial charge is 0.263 e. The van der Waals surface area contributed by atoms with Crippen molar-refractivity contribution in [3.63, 3.8) is 0 Å². The van der Waals surface area contributed by atoms with Gasteiger partial charge in [-0.05, 0) is 19.3 Å². The molecule has 1 aliphatic rings. The number of imidazole rings is 1. The number of aliphatic hydroxyl groups excluding tert-OH is 1. The monoisotopic (exact) mass is 293 g/mol. The van der Waals surface area contributed by atoms with Crippen molar-refractivity contribution in [1.82, 2.24) is 13.9 Å². The van der Waals surface area contributed by atoms with Crippen LogP contribution in [-0.4, -0.2) is 46.6 Å². The number of aryl methyl sites for hydroxylation is 1. The molecular formula is C10H16ClN3O3S. The molecule has 2 rings (SSSR count).